The Kier molecular flexibility index (Phi) is 6.52. The summed E-state index contributed by atoms with van der Waals surface area (Å²) in [6, 6.07) is 9.87. The van der Waals surface area contributed by atoms with Gasteiger partial charge in [-0.25, -0.2) is 9.48 Å². The Labute approximate surface area is 167 Å². The summed E-state index contributed by atoms with van der Waals surface area (Å²) < 4.78 is 7.30. The van der Waals surface area contributed by atoms with Crippen molar-refractivity contribution < 1.29 is 14.6 Å². The number of hydrogen-bond donors (Lipinski definition) is 1. The van der Waals surface area contributed by atoms with Crippen molar-refractivity contribution in [2.24, 2.45) is 0 Å². The van der Waals surface area contributed by atoms with Crippen LogP contribution in [0, 0.1) is 0 Å². The second-order valence-corrected chi connectivity index (χ2v) is 7.46. The first-order valence-corrected chi connectivity index (χ1v) is 10.3. The molecule has 1 unspecified atom stereocenters. The van der Waals surface area contributed by atoms with Gasteiger partial charge < -0.3 is 14.7 Å². The van der Waals surface area contributed by atoms with Crippen LogP contribution >= 0.6 is 0 Å². The molecule has 1 aliphatic carbocycles. The monoisotopic (exact) mass is 385 g/mol. The lowest BCUT2D eigenvalue weighted by molar-refractivity contribution is -0.165. The number of likely N-dealkylation sites (N-methyl/N-ethyl adjacent to an activating group) is 1. The predicted octanol–water partition coefficient (Wildman–Crippen LogP) is 2.84. The van der Waals surface area contributed by atoms with Crippen molar-refractivity contribution in [3.63, 3.8) is 0 Å². The fraction of sp³-hybridized carbons (Fsp3) is 0.545. The maximum absolute atomic E-state index is 12.7. The van der Waals surface area contributed by atoms with Crippen molar-refractivity contribution in [3.8, 4) is 5.69 Å². The van der Waals surface area contributed by atoms with Gasteiger partial charge in [-0.15, -0.1) is 0 Å². The average molecular weight is 386 g/mol. The zero-order valence-electron chi connectivity index (χ0n) is 17.1. The molecule has 2 aromatic rings. The van der Waals surface area contributed by atoms with Crippen LogP contribution in [0.15, 0.2) is 30.3 Å². The summed E-state index contributed by atoms with van der Waals surface area (Å²) in [6.45, 7) is 8.37. The summed E-state index contributed by atoms with van der Waals surface area (Å²) >= 11 is 0. The van der Waals surface area contributed by atoms with Crippen LogP contribution in [0.4, 0.5) is 0 Å². The molecule has 0 saturated heterocycles. The zero-order valence-corrected chi connectivity index (χ0v) is 17.1. The van der Waals surface area contributed by atoms with E-state index in [-0.39, 0.29) is 6.61 Å². The van der Waals surface area contributed by atoms with Crippen molar-refractivity contribution in [2.45, 2.75) is 52.1 Å². The summed E-state index contributed by atoms with van der Waals surface area (Å²) in [5, 5.41) is 15.8. The highest BCUT2D eigenvalue weighted by molar-refractivity contribution is 5.80. The third kappa shape index (κ3) is 4.13. The van der Waals surface area contributed by atoms with E-state index in [0.29, 0.717) is 12.2 Å². The molecule has 28 heavy (non-hydrogen) atoms. The number of carbonyl (C=O) groups excluding carboxylic acids is 1. The van der Waals surface area contributed by atoms with Crippen molar-refractivity contribution in [1.29, 1.82) is 0 Å². The molecule has 0 fully saturated rings. The fourth-order valence-electron chi connectivity index (χ4n) is 3.82. The normalized spacial score (nSPS) is 15.9. The van der Waals surface area contributed by atoms with Crippen LogP contribution < -0.4 is 0 Å². The summed E-state index contributed by atoms with van der Waals surface area (Å²) in [5.41, 5.74) is 1.69. The van der Waals surface area contributed by atoms with E-state index >= 15 is 0 Å². The number of rotatable bonds is 8. The quantitative estimate of drug-likeness (QED) is 0.708. The molecule has 1 heterocycles. The van der Waals surface area contributed by atoms with Gasteiger partial charge in [0.2, 0.25) is 5.60 Å². The van der Waals surface area contributed by atoms with Gasteiger partial charge in [-0.1, -0.05) is 32.0 Å². The van der Waals surface area contributed by atoms with E-state index in [1.807, 2.05) is 35.0 Å². The molecule has 3 rings (SSSR count). The van der Waals surface area contributed by atoms with E-state index in [1.165, 1.54) is 6.92 Å². The summed E-state index contributed by atoms with van der Waals surface area (Å²) in [7, 11) is 0. The maximum atomic E-state index is 12.7. The van der Waals surface area contributed by atoms with E-state index in [9.17, 15) is 9.90 Å². The topological polar surface area (TPSA) is 67.6 Å². The second kappa shape index (κ2) is 8.88. The van der Waals surface area contributed by atoms with Gasteiger partial charge in [-0.3, -0.25) is 0 Å². The Balaban J connectivity index is 1.85. The summed E-state index contributed by atoms with van der Waals surface area (Å²) in [5.74, 6) is -0.634. The number of fused-ring (bicyclic) bond motifs is 1. The first-order chi connectivity index (χ1) is 13.5. The van der Waals surface area contributed by atoms with Crippen molar-refractivity contribution in [3.05, 3.63) is 47.3 Å². The minimum atomic E-state index is -1.76. The van der Waals surface area contributed by atoms with Gasteiger partial charge in [0.1, 0.15) is 12.3 Å². The highest BCUT2D eigenvalue weighted by atomic mass is 16.5. The number of hydrogen-bond acceptors (Lipinski definition) is 5. The Hall–Kier alpha value is -2.18. The first-order valence-electron chi connectivity index (χ1n) is 10.3. The Morgan fingerprint density at radius 1 is 1.21 bits per heavy atom. The molecule has 1 aliphatic rings. The van der Waals surface area contributed by atoms with Gasteiger partial charge in [0.05, 0.1) is 5.69 Å². The van der Waals surface area contributed by atoms with Crippen LogP contribution in [-0.2, 0) is 28.0 Å². The molecular weight excluding hydrogens is 354 g/mol. The number of benzene rings is 1. The van der Waals surface area contributed by atoms with Crippen LogP contribution in [0.25, 0.3) is 5.69 Å². The lowest BCUT2D eigenvalue weighted by Crippen LogP contribution is -2.37. The molecule has 0 saturated carbocycles. The summed E-state index contributed by atoms with van der Waals surface area (Å²) in [4.78, 5) is 14.9. The van der Waals surface area contributed by atoms with Crippen LogP contribution in [0.2, 0.25) is 0 Å². The summed E-state index contributed by atoms with van der Waals surface area (Å²) in [6.07, 6.45) is 3.83. The predicted molar refractivity (Wildman–Crippen MR) is 109 cm³/mol. The number of para-hydroxylation sites is 1. The zero-order chi connectivity index (χ0) is 20.1. The molecule has 6 nitrogen and oxygen atoms in total. The molecule has 0 aliphatic heterocycles. The van der Waals surface area contributed by atoms with Gasteiger partial charge in [-0.2, -0.15) is 5.10 Å². The molecule has 1 aromatic heterocycles. The van der Waals surface area contributed by atoms with E-state index in [1.54, 1.807) is 0 Å². The molecule has 0 bridgehead atoms. The van der Waals surface area contributed by atoms with Crippen molar-refractivity contribution in [1.82, 2.24) is 14.7 Å². The SMILES string of the molecule is CCN(CC)CCOC(=O)C(C)(O)c1nn(-c2ccccc2)c2c1CCCC2. The van der Waals surface area contributed by atoms with E-state index in [0.717, 1.165) is 55.7 Å². The van der Waals surface area contributed by atoms with Crippen LogP contribution in [0.5, 0.6) is 0 Å². The third-order valence-corrected chi connectivity index (χ3v) is 5.57. The van der Waals surface area contributed by atoms with Gasteiger partial charge >= 0.3 is 5.97 Å². The third-order valence-electron chi connectivity index (χ3n) is 5.57. The standard InChI is InChI=1S/C22H31N3O3/c1-4-24(5-2)15-16-28-21(26)22(3,27)20-18-13-9-10-14-19(18)25(23-20)17-11-7-6-8-12-17/h6-8,11-12,27H,4-5,9-10,13-16H2,1-3H3. The van der Waals surface area contributed by atoms with E-state index < -0.39 is 11.6 Å². The van der Waals surface area contributed by atoms with Gasteiger partial charge in [0.15, 0.2) is 0 Å². The molecule has 152 valence electrons. The highest BCUT2D eigenvalue weighted by Crippen LogP contribution is 2.33. The second-order valence-electron chi connectivity index (χ2n) is 7.46. The fourth-order valence-corrected chi connectivity index (χ4v) is 3.82. The Bertz CT molecular complexity index is 795. The number of aliphatic hydroxyl groups is 1. The van der Waals surface area contributed by atoms with Crippen LogP contribution in [0.3, 0.4) is 0 Å². The van der Waals surface area contributed by atoms with Crippen LogP contribution in [0.1, 0.15) is 50.6 Å². The van der Waals surface area contributed by atoms with Crippen molar-refractivity contribution >= 4 is 5.97 Å². The number of ether oxygens (including phenoxy) is 1. The maximum Gasteiger partial charge on any atom is 0.344 e. The molecule has 0 radical (unpaired) electrons. The first kappa shape index (κ1) is 20.6. The average Bonchev–Trinajstić information content (AvgIpc) is 3.12. The largest absolute Gasteiger partial charge is 0.462 e. The van der Waals surface area contributed by atoms with Gasteiger partial charge in [-0.05, 0) is 57.8 Å². The molecule has 1 atom stereocenters. The number of esters is 1. The van der Waals surface area contributed by atoms with Gasteiger partial charge in [0, 0.05) is 17.8 Å². The lowest BCUT2D eigenvalue weighted by atomic mass is 9.89. The molecular formula is C22H31N3O3. The molecule has 6 heteroatoms. The minimum absolute atomic E-state index is 0.262. The van der Waals surface area contributed by atoms with E-state index in [2.05, 4.69) is 23.8 Å². The smallest absolute Gasteiger partial charge is 0.344 e. The Morgan fingerprint density at radius 3 is 2.57 bits per heavy atom. The molecule has 0 amide bonds. The number of nitrogens with zero attached hydrogens (tertiary/aromatic N) is 3. The lowest BCUT2D eigenvalue weighted by Gasteiger charge is -2.23. The molecule has 1 aromatic carbocycles. The minimum Gasteiger partial charge on any atom is -0.462 e. The van der Waals surface area contributed by atoms with Crippen molar-refractivity contribution in [2.75, 3.05) is 26.2 Å². The number of carbonyl (C=O) groups is 1. The highest BCUT2D eigenvalue weighted by Gasteiger charge is 2.41. The number of aromatic nitrogens is 2. The molecule has 0 spiro atoms. The molecule has 1 N–H and O–H groups in total. The van der Waals surface area contributed by atoms with Crippen LogP contribution in [-0.4, -0.2) is 52.0 Å². The van der Waals surface area contributed by atoms with Gasteiger partial charge in [0.25, 0.3) is 0 Å². The van der Waals surface area contributed by atoms with E-state index in [4.69, 9.17) is 4.74 Å². The Morgan fingerprint density at radius 2 is 1.89 bits per heavy atom.